The van der Waals surface area contributed by atoms with Gasteiger partial charge >= 0.3 is 0 Å². The summed E-state index contributed by atoms with van der Waals surface area (Å²) in [5, 5.41) is 11.3. The number of pyridine rings is 1. The first-order valence-corrected chi connectivity index (χ1v) is 14.8. The highest BCUT2D eigenvalue weighted by atomic mass is 32.1. The van der Waals surface area contributed by atoms with E-state index in [-0.39, 0.29) is 0 Å². The van der Waals surface area contributed by atoms with E-state index in [0.29, 0.717) is 10.7 Å². The van der Waals surface area contributed by atoms with Gasteiger partial charge in [0, 0.05) is 11.8 Å². The van der Waals surface area contributed by atoms with Crippen molar-refractivity contribution >= 4 is 25.4 Å². The Bertz CT molecular complexity index is 1310. The van der Waals surface area contributed by atoms with Crippen LogP contribution in [0.15, 0.2) is 48.1 Å². The van der Waals surface area contributed by atoms with E-state index in [9.17, 15) is 5.26 Å². The third kappa shape index (κ3) is 4.36. The summed E-state index contributed by atoms with van der Waals surface area (Å²) in [7, 11) is -1.79. The fraction of sp³-hybridized carbons (Fsp3) is 0.360. The number of imidazole rings is 1. The van der Waals surface area contributed by atoms with E-state index in [1.165, 1.54) is 11.3 Å². The summed E-state index contributed by atoms with van der Waals surface area (Å²) in [6, 6.07) is 15.3. The molecule has 0 aliphatic heterocycles. The Hall–Kier alpha value is -2.86. The zero-order valence-electron chi connectivity index (χ0n) is 19.8. The number of hydrogen-bond acceptors (Lipinski definition) is 6. The monoisotopic (exact) mass is 475 g/mol. The smallest absolute Gasteiger partial charge is 0.234 e. The van der Waals surface area contributed by atoms with Crippen molar-refractivity contribution in [2.24, 2.45) is 0 Å². The van der Waals surface area contributed by atoms with Crippen molar-refractivity contribution < 1.29 is 4.43 Å². The molecule has 0 aliphatic rings. The molecule has 0 radical (unpaired) electrons. The average molecular weight is 476 g/mol. The molecule has 0 atom stereocenters. The van der Waals surface area contributed by atoms with Gasteiger partial charge in [0.25, 0.3) is 0 Å². The summed E-state index contributed by atoms with van der Waals surface area (Å²) in [5.74, 6) is 0.622. The lowest BCUT2D eigenvalue weighted by Gasteiger charge is -2.37. The van der Waals surface area contributed by atoms with Crippen molar-refractivity contribution in [1.29, 1.82) is 5.26 Å². The van der Waals surface area contributed by atoms with Crippen LogP contribution in [-0.4, -0.2) is 27.7 Å². The van der Waals surface area contributed by atoms with Gasteiger partial charge < -0.3 is 4.43 Å². The normalized spacial score (nSPS) is 12.2. The van der Waals surface area contributed by atoms with Crippen molar-refractivity contribution in [3.05, 3.63) is 58.7 Å². The number of hydrogen-bond donors (Lipinski definition) is 0. The minimum Gasteiger partial charge on any atom is -0.406 e. The maximum absolute atomic E-state index is 9.38. The average Bonchev–Trinajstić information content (AvgIpc) is 3.49. The molecule has 4 rings (SSSR count). The van der Waals surface area contributed by atoms with E-state index < -0.39 is 13.9 Å². The van der Waals surface area contributed by atoms with Gasteiger partial charge in [0.1, 0.15) is 10.9 Å². The fourth-order valence-electron chi connectivity index (χ4n) is 4.28. The van der Waals surface area contributed by atoms with Gasteiger partial charge in [-0.3, -0.25) is 4.40 Å². The second-order valence-electron chi connectivity index (χ2n) is 8.67. The van der Waals surface area contributed by atoms with Gasteiger partial charge in [0.2, 0.25) is 5.78 Å². The molecule has 0 saturated heterocycles. The van der Waals surface area contributed by atoms with Crippen LogP contribution in [0.4, 0.5) is 0 Å². The van der Waals surface area contributed by atoms with Crippen LogP contribution in [0.25, 0.3) is 28.4 Å². The molecule has 33 heavy (non-hydrogen) atoms. The van der Waals surface area contributed by atoms with Gasteiger partial charge in [-0.2, -0.15) is 5.26 Å². The van der Waals surface area contributed by atoms with Gasteiger partial charge in [-0.15, -0.1) is 11.3 Å². The number of nitrogens with zero attached hydrogens (tertiary/aromatic N) is 5. The van der Waals surface area contributed by atoms with Crippen molar-refractivity contribution in [1.82, 2.24) is 19.4 Å². The number of thiophene rings is 1. The highest BCUT2D eigenvalue weighted by Crippen LogP contribution is 2.34. The van der Waals surface area contributed by atoms with Crippen molar-refractivity contribution in [3.63, 3.8) is 0 Å². The molecule has 4 aromatic rings. The van der Waals surface area contributed by atoms with Crippen molar-refractivity contribution in [3.8, 4) is 28.7 Å². The Morgan fingerprint density at radius 2 is 1.79 bits per heavy atom. The van der Waals surface area contributed by atoms with E-state index in [1.54, 1.807) is 6.20 Å². The van der Waals surface area contributed by atoms with E-state index in [0.717, 1.165) is 46.5 Å². The van der Waals surface area contributed by atoms with Gasteiger partial charge in [0.05, 0.1) is 34.6 Å². The molecule has 0 saturated carbocycles. The van der Waals surface area contributed by atoms with E-state index in [4.69, 9.17) is 14.4 Å². The second kappa shape index (κ2) is 9.18. The summed E-state index contributed by atoms with van der Waals surface area (Å²) in [5.41, 5.74) is 3.69. The van der Waals surface area contributed by atoms with Crippen LogP contribution in [-0.2, 0) is 10.0 Å². The van der Waals surface area contributed by atoms with Crippen LogP contribution in [0.1, 0.15) is 45.2 Å². The molecular formula is C25H29N5OSSi. The van der Waals surface area contributed by atoms with E-state index in [2.05, 4.69) is 45.7 Å². The fourth-order valence-corrected chi connectivity index (χ4v) is 8.09. The number of aromatic nitrogens is 4. The molecule has 6 nitrogen and oxygen atoms in total. The Kier molecular flexibility index (Phi) is 6.48. The summed E-state index contributed by atoms with van der Waals surface area (Å²) in [4.78, 5) is 14.9. The van der Waals surface area contributed by atoms with Crippen LogP contribution in [0.5, 0.6) is 0 Å². The van der Waals surface area contributed by atoms with Gasteiger partial charge in [-0.1, -0.05) is 26.8 Å². The standard InChI is InChI=1S/C25H29N5OSSi/c1-6-33(7-2,8-3)31-25(4,5)23-12-14-30-21(17-27-24(30)29-23)20-11-9-10-19(28-20)18-13-15-32-22(18)16-26/h9-15,17H,6-8H2,1-5H3. The SMILES string of the molecule is CC[Si](CC)(CC)OC(C)(C)c1ccn2c(-c3cccc(-c4ccsc4C#N)n3)cnc2n1. The Morgan fingerprint density at radius 3 is 2.48 bits per heavy atom. The molecule has 4 heterocycles. The maximum atomic E-state index is 9.38. The molecule has 0 bridgehead atoms. The van der Waals surface area contributed by atoms with Crippen LogP contribution in [0.2, 0.25) is 18.1 Å². The summed E-state index contributed by atoms with van der Waals surface area (Å²) >= 11 is 1.42. The molecule has 0 unspecified atom stereocenters. The quantitative estimate of drug-likeness (QED) is 0.267. The summed E-state index contributed by atoms with van der Waals surface area (Å²) in [6.07, 6.45) is 3.80. The minimum absolute atomic E-state index is 0.479. The molecule has 0 spiro atoms. The lowest BCUT2D eigenvalue weighted by Crippen LogP contribution is -2.43. The molecule has 170 valence electrons. The lowest BCUT2D eigenvalue weighted by atomic mass is 10.1. The van der Waals surface area contributed by atoms with Gasteiger partial charge in [0.15, 0.2) is 8.32 Å². The Morgan fingerprint density at radius 1 is 1.06 bits per heavy atom. The van der Waals surface area contributed by atoms with Gasteiger partial charge in [-0.05, 0) is 61.6 Å². The first kappa shape index (κ1) is 23.3. The zero-order valence-corrected chi connectivity index (χ0v) is 21.6. The molecule has 8 heteroatoms. The van der Waals surface area contributed by atoms with Crippen LogP contribution in [0, 0.1) is 11.3 Å². The van der Waals surface area contributed by atoms with Gasteiger partial charge in [-0.25, -0.2) is 15.0 Å². The topological polar surface area (TPSA) is 76.1 Å². The maximum Gasteiger partial charge on any atom is 0.234 e. The highest BCUT2D eigenvalue weighted by molar-refractivity contribution is 7.11. The molecule has 0 N–H and O–H groups in total. The van der Waals surface area contributed by atoms with Crippen molar-refractivity contribution in [2.45, 2.75) is 58.4 Å². The molecule has 0 fully saturated rings. The number of rotatable bonds is 8. The first-order valence-electron chi connectivity index (χ1n) is 11.4. The second-order valence-corrected chi connectivity index (χ2v) is 14.3. The van der Waals surface area contributed by atoms with E-state index >= 15 is 0 Å². The predicted molar refractivity (Wildman–Crippen MR) is 136 cm³/mol. The molecule has 4 aromatic heterocycles. The minimum atomic E-state index is -1.79. The Balaban J connectivity index is 1.70. The van der Waals surface area contributed by atoms with Crippen molar-refractivity contribution in [2.75, 3.05) is 0 Å². The zero-order chi connectivity index (χ0) is 23.6. The molecule has 0 aliphatic carbocycles. The lowest BCUT2D eigenvalue weighted by molar-refractivity contribution is 0.0894. The Labute approximate surface area is 200 Å². The van der Waals surface area contributed by atoms with Crippen LogP contribution < -0.4 is 0 Å². The third-order valence-corrected chi connectivity index (χ3v) is 12.1. The molecule has 0 amide bonds. The highest BCUT2D eigenvalue weighted by Gasteiger charge is 2.37. The first-order chi connectivity index (χ1) is 15.9. The van der Waals surface area contributed by atoms with E-state index in [1.807, 2.05) is 46.3 Å². The molecular weight excluding hydrogens is 446 g/mol. The molecule has 0 aromatic carbocycles. The predicted octanol–water partition coefficient (Wildman–Crippen LogP) is 6.65. The number of nitriles is 1. The largest absolute Gasteiger partial charge is 0.406 e. The van der Waals surface area contributed by atoms with Crippen LogP contribution >= 0.6 is 11.3 Å². The summed E-state index contributed by atoms with van der Waals surface area (Å²) in [6.45, 7) is 10.9. The van der Waals surface area contributed by atoms with Crippen LogP contribution in [0.3, 0.4) is 0 Å². The number of fused-ring (bicyclic) bond motifs is 1. The third-order valence-electron chi connectivity index (χ3n) is 6.46. The summed E-state index contributed by atoms with van der Waals surface area (Å²) < 4.78 is 8.73.